The molecule has 5 rings (SSSR count). The summed E-state index contributed by atoms with van der Waals surface area (Å²) in [5.41, 5.74) is 9.65. The van der Waals surface area contributed by atoms with E-state index in [9.17, 15) is 18.0 Å². The summed E-state index contributed by atoms with van der Waals surface area (Å²) in [5, 5.41) is 0.344. The highest BCUT2D eigenvalue weighted by molar-refractivity contribution is 7.90. The topological polar surface area (TPSA) is 116 Å². The molecular formula is C31H31ClN2O6S. The third kappa shape index (κ3) is 6.02. The Balaban J connectivity index is 1.37. The minimum Gasteiger partial charge on any atom is -0.460 e. The fourth-order valence-electron chi connectivity index (χ4n) is 5.45. The molecule has 2 N–H and O–H groups in total. The number of piperidine rings is 1. The van der Waals surface area contributed by atoms with Gasteiger partial charge in [-0.15, -0.1) is 0 Å². The molecule has 41 heavy (non-hydrogen) atoms. The van der Waals surface area contributed by atoms with Gasteiger partial charge in [0.15, 0.2) is 15.4 Å². The molecule has 1 atom stereocenters. The second-order valence-electron chi connectivity index (χ2n) is 10.6. The molecule has 2 aliphatic rings. The molecule has 1 saturated heterocycles. The molecular weight excluding hydrogens is 564 g/mol. The molecule has 10 heteroatoms. The van der Waals surface area contributed by atoms with Crippen LogP contribution in [-0.4, -0.2) is 56.7 Å². The average Bonchev–Trinajstić information content (AvgIpc) is 3.16. The van der Waals surface area contributed by atoms with Crippen molar-refractivity contribution in [3.63, 3.8) is 0 Å². The largest absolute Gasteiger partial charge is 0.460 e. The number of ether oxygens (including phenoxy) is 2. The normalized spacial score (nSPS) is 19.4. The number of hydrogen-bond acceptors (Lipinski definition) is 8. The minimum atomic E-state index is -3.40. The van der Waals surface area contributed by atoms with E-state index in [1.165, 1.54) is 6.07 Å². The van der Waals surface area contributed by atoms with E-state index in [1.54, 1.807) is 24.3 Å². The summed E-state index contributed by atoms with van der Waals surface area (Å²) in [6.07, 6.45) is 2.37. The van der Waals surface area contributed by atoms with Gasteiger partial charge in [0, 0.05) is 23.4 Å². The van der Waals surface area contributed by atoms with Crippen LogP contribution in [0.25, 0.3) is 16.7 Å². The highest BCUT2D eigenvalue weighted by Crippen LogP contribution is 2.43. The molecule has 3 aromatic rings. The molecule has 2 heterocycles. The molecule has 214 valence electrons. The van der Waals surface area contributed by atoms with Crippen molar-refractivity contribution in [1.29, 1.82) is 0 Å². The monoisotopic (exact) mass is 594 g/mol. The van der Waals surface area contributed by atoms with Crippen molar-refractivity contribution < 1.29 is 27.5 Å². The van der Waals surface area contributed by atoms with Gasteiger partial charge in [-0.3, -0.25) is 9.69 Å². The van der Waals surface area contributed by atoms with E-state index < -0.39 is 21.4 Å². The molecule has 1 spiro atoms. The van der Waals surface area contributed by atoms with E-state index >= 15 is 0 Å². The average molecular weight is 595 g/mol. The molecule has 0 radical (unpaired) electrons. The molecule has 0 aliphatic carbocycles. The number of hydrogen-bond donors (Lipinski definition) is 1. The summed E-state index contributed by atoms with van der Waals surface area (Å²) in [5.74, 6) is -0.904. The zero-order chi connectivity index (χ0) is 29.4. The number of rotatable bonds is 7. The van der Waals surface area contributed by atoms with E-state index in [0.29, 0.717) is 46.8 Å². The fourth-order valence-corrected chi connectivity index (χ4v) is 6.39. The van der Waals surface area contributed by atoms with Crippen LogP contribution in [-0.2, 0) is 35.5 Å². The van der Waals surface area contributed by atoms with Crippen molar-refractivity contribution in [2.75, 3.05) is 25.9 Å². The van der Waals surface area contributed by atoms with Crippen molar-refractivity contribution >= 4 is 38.9 Å². The molecule has 0 aromatic heterocycles. The van der Waals surface area contributed by atoms with Crippen LogP contribution in [0.1, 0.15) is 29.5 Å². The van der Waals surface area contributed by atoms with E-state index in [4.69, 9.17) is 26.8 Å². The van der Waals surface area contributed by atoms with Crippen LogP contribution in [0.3, 0.4) is 0 Å². The van der Waals surface area contributed by atoms with Gasteiger partial charge in [-0.2, -0.15) is 0 Å². The third-order valence-corrected chi connectivity index (χ3v) is 8.96. The van der Waals surface area contributed by atoms with Crippen LogP contribution in [0.15, 0.2) is 77.3 Å². The lowest BCUT2D eigenvalue weighted by Gasteiger charge is -2.39. The summed E-state index contributed by atoms with van der Waals surface area (Å²) in [6.45, 7) is 3.01. The van der Waals surface area contributed by atoms with Crippen molar-refractivity contribution in [1.82, 2.24) is 4.90 Å². The van der Waals surface area contributed by atoms with Crippen LogP contribution in [0.4, 0.5) is 0 Å². The fraction of sp³-hybridized carbons (Fsp3) is 0.290. The molecule has 0 saturated carbocycles. The zero-order valence-electron chi connectivity index (χ0n) is 22.9. The molecule has 8 nitrogen and oxygen atoms in total. The zero-order valence-corrected chi connectivity index (χ0v) is 24.4. The lowest BCUT2D eigenvalue weighted by Crippen LogP contribution is -2.52. The molecule has 0 bridgehead atoms. The van der Waals surface area contributed by atoms with Crippen LogP contribution in [0.5, 0.6) is 0 Å². The van der Waals surface area contributed by atoms with Gasteiger partial charge in [0.05, 0.1) is 22.7 Å². The number of likely N-dealkylation sites (tertiary alicyclic amines) is 1. The lowest BCUT2D eigenvalue weighted by atomic mass is 9.86. The quantitative estimate of drug-likeness (QED) is 0.397. The first-order valence-corrected chi connectivity index (χ1v) is 15.5. The molecule has 0 amide bonds. The van der Waals surface area contributed by atoms with Crippen LogP contribution < -0.4 is 5.73 Å². The van der Waals surface area contributed by atoms with E-state index in [1.807, 2.05) is 48.2 Å². The van der Waals surface area contributed by atoms with Gasteiger partial charge in [0.1, 0.15) is 6.61 Å². The number of sulfone groups is 1. The first-order chi connectivity index (χ1) is 19.5. The number of carbonyl (C=O) groups is 2. The Morgan fingerprint density at radius 3 is 2.59 bits per heavy atom. The van der Waals surface area contributed by atoms with Crippen LogP contribution in [0.2, 0.25) is 5.02 Å². The molecule has 1 fully saturated rings. The minimum absolute atomic E-state index is 0.0564. The van der Waals surface area contributed by atoms with Gasteiger partial charge < -0.3 is 15.2 Å². The molecule has 1 unspecified atom stereocenters. The second-order valence-corrected chi connectivity index (χ2v) is 13.0. The standard InChI is InChI=1S/C31H31ClN2O6S/c1-20-14-25(22-10-6-11-23(15-22)41(2,37)38)26(32)16-24(20)28-29(33)31(40-30(28)36)12-7-13-34(19-31)17-27(35)39-18-21-8-4-3-5-9-21/h3-6,8-11,14-16H,7,12-13,17-19,33H2,1-2H3. The Hall–Kier alpha value is -3.66. The highest BCUT2D eigenvalue weighted by atomic mass is 35.5. The first-order valence-electron chi connectivity index (χ1n) is 13.2. The lowest BCUT2D eigenvalue weighted by molar-refractivity contribution is -0.152. The maximum absolute atomic E-state index is 13.2. The second kappa shape index (κ2) is 11.3. The van der Waals surface area contributed by atoms with E-state index in [0.717, 1.165) is 17.4 Å². The highest BCUT2D eigenvalue weighted by Gasteiger charge is 2.49. The van der Waals surface area contributed by atoms with Gasteiger partial charge in [0.2, 0.25) is 0 Å². The van der Waals surface area contributed by atoms with Crippen LogP contribution >= 0.6 is 11.6 Å². The Morgan fingerprint density at radius 2 is 1.85 bits per heavy atom. The van der Waals surface area contributed by atoms with Gasteiger partial charge in [-0.25, -0.2) is 13.2 Å². The summed E-state index contributed by atoms with van der Waals surface area (Å²) in [7, 11) is -3.40. The van der Waals surface area contributed by atoms with Crippen LogP contribution in [0, 0.1) is 6.92 Å². The summed E-state index contributed by atoms with van der Waals surface area (Å²) >= 11 is 6.68. The third-order valence-electron chi connectivity index (χ3n) is 7.54. The predicted octanol–water partition coefficient (Wildman–Crippen LogP) is 4.52. The maximum atomic E-state index is 13.2. The SMILES string of the molecule is Cc1cc(-c2cccc(S(C)(=O)=O)c2)c(Cl)cc1C1=C(N)C2(CCCN(CC(=O)OCc3ccccc3)C2)OC1=O. The molecule has 3 aromatic carbocycles. The number of halogens is 1. The number of carbonyl (C=O) groups excluding carboxylic acids is 2. The Bertz CT molecular complexity index is 1650. The maximum Gasteiger partial charge on any atom is 0.341 e. The van der Waals surface area contributed by atoms with Gasteiger partial charge in [-0.1, -0.05) is 54.1 Å². The number of nitrogens with two attached hydrogens (primary N) is 1. The number of aryl methyl sites for hydroxylation is 1. The number of benzene rings is 3. The van der Waals surface area contributed by atoms with E-state index in [2.05, 4.69) is 0 Å². The van der Waals surface area contributed by atoms with Gasteiger partial charge in [0.25, 0.3) is 0 Å². The predicted molar refractivity (Wildman–Crippen MR) is 157 cm³/mol. The summed E-state index contributed by atoms with van der Waals surface area (Å²) in [6, 6.07) is 19.5. The summed E-state index contributed by atoms with van der Waals surface area (Å²) in [4.78, 5) is 27.9. The summed E-state index contributed by atoms with van der Waals surface area (Å²) < 4.78 is 35.5. The smallest absolute Gasteiger partial charge is 0.341 e. The van der Waals surface area contributed by atoms with Crippen molar-refractivity contribution in [2.45, 2.75) is 36.9 Å². The van der Waals surface area contributed by atoms with E-state index in [-0.39, 0.29) is 36.1 Å². The van der Waals surface area contributed by atoms with Gasteiger partial charge >= 0.3 is 11.9 Å². The number of esters is 2. The van der Waals surface area contributed by atoms with Crippen molar-refractivity contribution in [3.05, 3.63) is 94.1 Å². The van der Waals surface area contributed by atoms with Crippen molar-refractivity contribution in [3.8, 4) is 11.1 Å². The Morgan fingerprint density at radius 1 is 1.10 bits per heavy atom. The molecule has 2 aliphatic heterocycles. The Kier molecular flexibility index (Phi) is 7.96. The van der Waals surface area contributed by atoms with Gasteiger partial charge in [-0.05, 0) is 72.8 Å². The van der Waals surface area contributed by atoms with Crippen molar-refractivity contribution in [2.24, 2.45) is 5.73 Å². The Labute approximate surface area is 244 Å². The first kappa shape index (κ1) is 28.9. The number of nitrogens with zero attached hydrogens (tertiary/aromatic N) is 1.